The summed E-state index contributed by atoms with van der Waals surface area (Å²) in [6.07, 6.45) is 11.1. The van der Waals surface area contributed by atoms with Crippen LogP contribution in [0.2, 0.25) is 0 Å². The standard InChI is InChI=1S/C19H32N2O/c1-18-9-7-13(21-20)11-12(18)3-4-14-15-5-6-17(22)19(15,2)10-8-16(14)18/h12,14-17,22H,3-11,20H2,1-2H3/t12-,14-,15-,16-,17-,18-,19-/m0/s1. The highest BCUT2D eigenvalue weighted by Gasteiger charge is 2.59. The summed E-state index contributed by atoms with van der Waals surface area (Å²) >= 11 is 0. The van der Waals surface area contributed by atoms with Crippen molar-refractivity contribution in [1.82, 2.24) is 0 Å². The first-order valence-corrected chi connectivity index (χ1v) is 9.43. The van der Waals surface area contributed by atoms with Crippen molar-refractivity contribution in [3.63, 3.8) is 0 Å². The fourth-order valence-electron chi connectivity index (χ4n) is 7.15. The van der Waals surface area contributed by atoms with Gasteiger partial charge in [0.15, 0.2) is 0 Å². The summed E-state index contributed by atoms with van der Waals surface area (Å²) in [5.41, 5.74) is 1.95. The summed E-state index contributed by atoms with van der Waals surface area (Å²) in [7, 11) is 0. The summed E-state index contributed by atoms with van der Waals surface area (Å²) in [6, 6.07) is 0. The first-order chi connectivity index (χ1) is 10.5. The monoisotopic (exact) mass is 304 g/mol. The molecule has 0 spiro atoms. The number of nitrogens with two attached hydrogens (primary N) is 1. The van der Waals surface area contributed by atoms with Gasteiger partial charge >= 0.3 is 0 Å². The molecule has 4 saturated carbocycles. The molecule has 3 nitrogen and oxygen atoms in total. The summed E-state index contributed by atoms with van der Waals surface area (Å²) in [5, 5.41) is 14.5. The third kappa shape index (κ3) is 1.87. The highest BCUT2D eigenvalue weighted by molar-refractivity contribution is 5.85. The maximum Gasteiger partial charge on any atom is 0.0596 e. The summed E-state index contributed by atoms with van der Waals surface area (Å²) < 4.78 is 0. The Labute approximate surface area is 134 Å². The van der Waals surface area contributed by atoms with E-state index in [1.54, 1.807) is 0 Å². The van der Waals surface area contributed by atoms with Crippen molar-refractivity contribution in [2.75, 3.05) is 0 Å². The Kier molecular flexibility index (Phi) is 3.38. The van der Waals surface area contributed by atoms with E-state index >= 15 is 0 Å². The van der Waals surface area contributed by atoms with Crippen molar-refractivity contribution in [2.24, 2.45) is 45.4 Å². The predicted octanol–water partition coefficient (Wildman–Crippen LogP) is 3.70. The van der Waals surface area contributed by atoms with Crippen molar-refractivity contribution in [3.05, 3.63) is 0 Å². The normalized spacial score (nSPS) is 56.3. The molecular weight excluding hydrogens is 272 g/mol. The van der Waals surface area contributed by atoms with Crippen molar-refractivity contribution >= 4 is 5.71 Å². The zero-order chi connectivity index (χ0) is 15.5. The molecule has 4 aliphatic rings. The minimum Gasteiger partial charge on any atom is -0.393 e. The van der Waals surface area contributed by atoms with Crippen LogP contribution in [0.25, 0.3) is 0 Å². The Hall–Kier alpha value is -0.570. The van der Waals surface area contributed by atoms with E-state index < -0.39 is 0 Å². The first-order valence-electron chi connectivity index (χ1n) is 9.43. The molecule has 0 heterocycles. The zero-order valence-electron chi connectivity index (χ0n) is 14.2. The second-order valence-corrected chi connectivity index (χ2v) is 9.19. The number of aliphatic hydroxyl groups excluding tert-OH is 1. The number of rotatable bonds is 0. The summed E-state index contributed by atoms with van der Waals surface area (Å²) in [5.74, 6) is 8.85. The molecule has 124 valence electrons. The number of aliphatic hydroxyl groups is 1. The topological polar surface area (TPSA) is 58.6 Å². The van der Waals surface area contributed by atoms with Gasteiger partial charge in [-0.05, 0) is 92.3 Å². The lowest BCUT2D eigenvalue weighted by Crippen LogP contribution is -2.54. The van der Waals surface area contributed by atoms with Gasteiger partial charge in [-0.1, -0.05) is 13.8 Å². The van der Waals surface area contributed by atoms with Gasteiger partial charge in [-0.15, -0.1) is 0 Å². The molecule has 4 aliphatic carbocycles. The second-order valence-electron chi connectivity index (χ2n) is 9.19. The van der Waals surface area contributed by atoms with Gasteiger partial charge < -0.3 is 10.9 Å². The van der Waals surface area contributed by atoms with E-state index in [0.29, 0.717) is 5.41 Å². The van der Waals surface area contributed by atoms with E-state index in [4.69, 9.17) is 5.84 Å². The number of hydrazone groups is 1. The number of hydrogen-bond acceptors (Lipinski definition) is 3. The van der Waals surface area contributed by atoms with Crippen LogP contribution in [0.4, 0.5) is 0 Å². The number of hydrogen-bond donors (Lipinski definition) is 2. The highest BCUT2D eigenvalue weighted by Crippen LogP contribution is 2.65. The molecule has 4 rings (SSSR count). The molecule has 7 atom stereocenters. The molecule has 3 N–H and O–H groups in total. The summed E-state index contributed by atoms with van der Waals surface area (Å²) in [4.78, 5) is 0. The average molecular weight is 304 g/mol. The van der Waals surface area contributed by atoms with E-state index in [1.807, 2.05) is 0 Å². The molecule has 0 bridgehead atoms. The maximum absolute atomic E-state index is 10.5. The second kappa shape index (κ2) is 4.96. The van der Waals surface area contributed by atoms with Gasteiger partial charge in [-0.25, -0.2) is 0 Å². The number of fused-ring (bicyclic) bond motifs is 5. The van der Waals surface area contributed by atoms with Crippen LogP contribution in [0.1, 0.15) is 71.6 Å². The molecule has 0 aromatic rings. The van der Waals surface area contributed by atoms with E-state index in [9.17, 15) is 5.11 Å². The first kappa shape index (κ1) is 15.0. The van der Waals surface area contributed by atoms with E-state index in [-0.39, 0.29) is 11.5 Å². The Morgan fingerprint density at radius 3 is 2.55 bits per heavy atom. The van der Waals surface area contributed by atoms with Gasteiger partial charge in [0.25, 0.3) is 0 Å². The largest absolute Gasteiger partial charge is 0.393 e. The molecular formula is C19H32N2O. The highest BCUT2D eigenvalue weighted by atomic mass is 16.3. The van der Waals surface area contributed by atoms with Crippen LogP contribution in [-0.4, -0.2) is 16.9 Å². The quantitative estimate of drug-likeness (QED) is 0.529. The number of nitrogens with zero attached hydrogens (tertiary/aromatic N) is 1. The van der Waals surface area contributed by atoms with Crippen LogP contribution in [0, 0.1) is 34.5 Å². The van der Waals surface area contributed by atoms with Gasteiger partial charge in [-0.2, -0.15) is 5.10 Å². The third-order valence-electron chi connectivity index (χ3n) is 8.63. The zero-order valence-corrected chi connectivity index (χ0v) is 14.2. The van der Waals surface area contributed by atoms with Crippen molar-refractivity contribution < 1.29 is 5.11 Å². The van der Waals surface area contributed by atoms with Crippen molar-refractivity contribution in [1.29, 1.82) is 0 Å². The molecule has 0 radical (unpaired) electrons. The molecule has 0 aromatic heterocycles. The van der Waals surface area contributed by atoms with E-state index in [1.165, 1.54) is 44.2 Å². The van der Waals surface area contributed by atoms with E-state index in [2.05, 4.69) is 18.9 Å². The van der Waals surface area contributed by atoms with Crippen LogP contribution >= 0.6 is 0 Å². The van der Waals surface area contributed by atoms with Gasteiger partial charge in [0.2, 0.25) is 0 Å². The molecule has 0 unspecified atom stereocenters. The Balaban J connectivity index is 1.62. The van der Waals surface area contributed by atoms with Gasteiger partial charge in [0.1, 0.15) is 0 Å². The van der Waals surface area contributed by atoms with Gasteiger partial charge in [0, 0.05) is 5.71 Å². The molecule has 0 aliphatic heterocycles. The van der Waals surface area contributed by atoms with Crippen molar-refractivity contribution in [2.45, 2.75) is 77.7 Å². The van der Waals surface area contributed by atoms with Gasteiger partial charge in [-0.3, -0.25) is 0 Å². The van der Waals surface area contributed by atoms with Crippen LogP contribution in [0.5, 0.6) is 0 Å². The summed E-state index contributed by atoms with van der Waals surface area (Å²) in [6.45, 7) is 4.94. The fourth-order valence-corrected chi connectivity index (χ4v) is 7.15. The minimum absolute atomic E-state index is 0.0497. The molecule has 3 heteroatoms. The third-order valence-corrected chi connectivity index (χ3v) is 8.63. The molecule has 0 aromatic carbocycles. The maximum atomic E-state index is 10.5. The molecule has 4 fully saturated rings. The lowest BCUT2D eigenvalue weighted by Gasteiger charge is -2.60. The average Bonchev–Trinajstić information content (AvgIpc) is 2.82. The van der Waals surface area contributed by atoms with Crippen LogP contribution in [-0.2, 0) is 0 Å². The van der Waals surface area contributed by atoms with Crippen LogP contribution in [0.15, 0.2) is 5.10 Å². The van der Waals surface area contributed by atoms with E-state index in [0.717, 1.165) is 42.9 Å². The molecule has 0 saturated heterocycles. The Bertz CT molecular complexity index is 490. The lowest BCUT2D eigenvalue weighted by atomic mass is 9.45. The SMILES string of the molecule is C[C@]12CCC(=NN)C[C@@H]1CC[C@@H]1[C@@H]2CC[C@]2(C)[C@@H](O)CC[C@@H]12. The fraction of sp³-hybridized carbons (Fsp3) is 0.947. The van der Waals surface area contributed by atoms with Crippen LogP contribution in [0.3, 0.4) is 0 Å². The predicted molar refractivity (Wildman–Crippen MR) is 89.4 cm³/mol. The van der Waals surface area contributed by atoms with Gasteiger partial charge in [0.05, 0.1) is 6.10 Å². The molecule has 0 amide bonds. The Morgan fingerprint density at radius 1 is 1.00 bits per heavy atom. The van der Waals surface area contributed by atoms with Crippen LogP contribution < -0.4 is 5.84 Å². The Morgan fingerprint density at radius 2 is 1.77 bits per heavy atom. The smallest absolute Gasteiger partial charge is 0.0596 e. The molecule has 22 heavy (non-hydrogen) atoms. The lowest BCUT2D eigenvalue weighted by molar-refractivity contribution is -0.112. The minimum atomic E-state index is -0.0497. The van der Waals surface area contributed by atoms with Crippen molar-refractivity contribution in [3.8, 4) is 0 Å².